The van der Waals surface area contributed by atoms with Gasteiger partial charge in [0.25, 0.3) is 0 Å². The molecule has 0 aliphatic carbocycles. The fourth-order valence-electron chi connectivity index (χ4n) is 1.72. The number of rotatable bonds is 6. The van der Waals surface area contributed by atoms with Crippen LogP contribution in [0.5, 0.6) is 0 Å². The van der Waals surface area contributed by atoms with Crippen LogP contribution in [0.15, 0.2) is 0 Å². The molecule has 1 aliphatic rings. The molecular formula is C12H24O3. The molecule has 1 aliphatic heterocycles. The minimum absolute atomic E-state index is 0.0286. The van der Waals surface area contributed by atoms with Gasteiger partial charge in [-0.2, -0.15) is 0 Å². The Morgan fingerprint density at radius 1 is 1.33 bits per heavy atom. The zero-order valence-electron chi connectivity index (χ0n) is 10.00. The van der Waals surface area contributed by atoms with Gasteiger partial charge in [0.1, 0.15) is 0 Å². The second-order valence-corrected chi connectivity index (χ2v) is 4.94. The first-order chi connectivity index (χ1) is 7.08. The lowest BCUT2D eigenvalue weighted by Gasteiger charge is -2.23. The smallest absolute Gasteiger partial charge is 0.157 e. The van der Waals surface area contributed by atoms with E-state index in [1.807, 2.05) is 13.8 Å². The van der Waals surface area contributed by atoms with E-state index in [-0.39, 0.29) is 6.29 Å². The Morgan fingerprint density at radius 2 is 2.13 bits per heavy atom. The highest BCUT2D eigenvalue weighted by Crippen LogP contribution is 2.15. The first-order valence-electron chi connectivity index (χ1n) is 6.03. The highest BCUT2D eigenvalue weighted by atomic mass is 16.7. The van der Waals surface area contributed by atoms with Crippen LogP contribution in [0.2, 0.25) is 0 Å². The summed E-state index contributed by atoms with van der Waals surface area (Å²) in [5.41, 5.74) is -0.540. The van der Waals surface area contributed by atoms with Gasteiger partial charge >= 0.3 is 0 Å². The Hall–Kier alpha value is -0.120. The number of unbranched alkanes of at least 4 members (excludes halogenated alkanes) is 1. The van der Waals surface area contributed by atoms with Crippen molar-refractivity contribution in [3.05, 3.63) is 0 Å². The average Bonchev–Trinajstić information content (AvgIpc) is 2.17. The van der Waals surface area contributed by atoms with E-state index in [0.29, 0.717) is 0 Å². The number of hydrogen-bond donors (Lipinski definition) is 1. The van der Waals surface area contributed by atoms with Crippen LogP contribution in [0, 0.1) is 0 Å². The van der Waals surface area contributed by atoms with E-state index in [1.54, 1.807) is 0 Å². The Labute approximate surface area is 92.8 Å². The summed E-state index contributed by atoms with van der Waals surface area (Å²) in [5.74, 6) is 0. The molecule has 1 heterocycles. The molecule has 3 nitrogen and oxygen atoms in total. The van der Waals surface area contributed by atoms with Crippen LogP contribution in [0.25, 0.3) is 0 Å². The van der Waals surface area contributed by atoms with Crippen molar-refractivity contribution in [3.8, 4) is 0 Å². The summed E-state index contributed by atoms with van der Waals surface area (Å²) in [6.45, 7) is 5.28. The van der Waals surface area contributed by atoms with Crippen LogP contribution in [-0.4, -0.2) is 30.2 Å². The van der Waals surface area contributed by atoms with Crippen molar-refractivity contribution < 1.29 is 14.6 Å². The van der Waals surface area contributed by atoms with Crippen molar-refractivity contribution in [1.29, 1.82) is 0 Å². The second kappa shape index (κ2) is 6.46. The summed E-state index contributed by atoms with van der Waals surface area (Å²) in [6, 6.07) is 0. The number of ether oxygens (including phenoxy) is 2. The molecule has 1 rings (SSSR count). The van der Waals surface area contributed by atoms with Gasteiger partial charge in [-0.05, 0) is 52.4 Å². The van der Waals surface area contributed by atoms with Gasteiger partial charge in [0.2, 0.25) is 0 Å². The van der Waals surface area contributed by atoms with Crippen molar-refractivity contribution in [2.75, 3.05) is 13.2 Å². The molecule has 1 saturated heterocycles. The maximum atomic E-state index is 9.50. The lowest BCUT2D eigenvalue weighted by atomic mass is 10.0. The predicted octanol–water partition coefficient (Wildman–Crippen LogP) is 2.47. The van der Waals surface area contributed by atoms with E-state index in [0.717, 1.165) is 38.9 Å². The quantitative estimate of drug-likeness (QED) is 0.693. The van der Waals surface area contributed by atoms with E-state index in [1.165, 1.54) is 12.8 Å². The zero-order chi connectivity index (χ0) is 11.1. The van der Waals surface area contributed by atoms with Gasteiger partial charge in [-0.3, -0.25) is 0 Å². The van der Waals surface area contributed by atoms with E-state index in [9.17, 15) is 5.11 Å². The van der Waals surface area contributed by atoms with Gasteiger partial charge in [0.05, 0.1) is 5.60 Å². The maximum absolute atomic E-state index is 9.50. The molecule has 1 N–H and O–H groups in total. The largest absolute Gasteiger partial charge is 0.390 e. The van der Waals surface area contributed by atoms with Gasteiger partial charge in [-0.25, -0.2) is 0 Å². The van der Waals surface area contributed by atoms with Crippen molar-refractivity contribution >= 4 is 0 Å². The third kappa shape index (κ3) is 6.88. The molecule has 1 unspecified atom stereocenters. The van der Waals surface area contributed by atoms with Gasteiger partial charge in [-0.15, -0.1) is 0 Å². The molecule has 90 valence electrons. The van der Waals surface area contributed by atoms with Crippen molar-refractivity contribution in [2.45, 2.75) is 64.3 Å². The van der Waals surface area contributed by atoms with Crippen LogP contribution < -0.4 is 0 Å². The fraction of sp³-hybridized carbons (Fsp3) is 1.00. The average molecular weight is 216 g/mol. The normalized spacial score (nSPS) is 23.0. The Morgan fingerprint density at radius 3 is 2.73 bits per heavy atom. The van der Waals surface area contributed by atoms with E-state index in [4.69, 9.17) is 9.47 Å². The molecule has 0 saturated carbocycles. The van der Waals surface area contributed by atoms with Gasteiger partial charge in [0.15, 0.2) is 6.29 Å². The minimum Gasteiger partial charge on any atom is -0.390 e. The topological polar surface area (TPSA) is 38.7 Å². The molecule has 0 amide bonds. The highest BCUT2D eigenvalue weighted by molar-refractivity contribution is 4.64. The lowest BCUT2D eigenvalue weighted by molar-refractivity contribution is -0.163. The van der Waals surface area contributed by atoms with E-state index < -0.39 is 5.60 Å². The van der Waals surface area contributed by atoms with E-state index >= 15 is 0 Å². The molecule has 0 radical (unpaired) electrons. The minimum atomic E-state index is -0.540. The molecule has 0 spiro atoms. The van der Waals surface area contributed by atoms with Crippen LogP contribution in [0.3, 0.4) is 0 Å². The van der Waals surface area contributed by atoms with Gasteiger partial charge in [0, 0.05) is 13.2 Å². The summed E-state index contributed by atoms with van der Waals surface area (Å²) >= 11 is 0. The number of aliphatic hydroxyl groups is 1. The maximum Gasteiger partial charge on any atom is 0.157 e. The second-order valence-electron chi connectivity index (χ2n) is 4.94. The van der Waals surface area contributed by atoms with Gasteiger partial charge in [-0.1, -0.05) is 0 Å². The summed E-state index contributed by atoms with van der Waals surface area (Å²) in [5, 5.41) is 9.50. The van der Waals surface area contributed by atoms with Crippen molar-refractivity contribution in [2.24, 2.45) is 0 Å². The fourth-order valence-corrected chi connectivity index (χ4v) is 1.72. The van der Waals surface area contributed by atoms with Crippen molar-refractivity contribution in [3.63, 3.8) is 0 Å². The Kier molecular flexibility index (Phi) is 5.58. The molecule has 3 heteroatoms. The molecule has 15 heavy (non-hydrogen) atoms. The first kappa shape index (κ1) is 12.9. The zero-order valence-corrected chi connectivity index (χ0v) is 10.00. The Balaban J connectivity index is 1.92. The molecule has 0 aromatic carbocycles. The van der Waals surface area contributed by atoms with Crippen LogP contribution >= 0.6 is 0 Å². The van der Waals surface area contributed by atoms with Crippen LogP contribution in [0.1, 0.15) is 52.4 Å². The monoisotopic (exact) mass is 216 g/mol. The predicted molar refractivity (Wildman–Crippen MR) is 59.7 cm³/mol. The molecule has 1 fully saturated rings. The molecule has 1 atom stereocenters. The van der Waals surface area contributed by atoms with E-state index in [2.05, 4.69) is 0 Å². The highest BCUT2D eigenvalue weighted by Gasteiger charge is 2.14. The standard InChI is InChI=1S/C12H24O3/c1-12(2,13)8-4-6-10-15-11-7-3-5-9-14-11/h11,13H,3-10H2,1-2H3. The summed E-state index contributed by atoms with van der Waals surface area (Å²) in [6.07, 6.45) is 6.29. The summed E-state index contributed by atoms with van der Waals surface area (Å²) in [7, 11) is 0. The first-order valence-corrected chi connectivity index (χ1v) is 6.03. The SMILES string of the molecule is CC(C)(O)CCCCOC1CCCCO1. The third-order valence-electron chi connectivity index (χ3n) is 2.62. The third-order valence-corrected chi connectivity index (χ3v) is 2.62. The van der Waals surface area contributed by atoms with Crippen LogP contribution in [-0.2, 0) is 9.47 Å². The number of hydrogen-bond acceptors (Lipinski definition) is 3. The molecule has 0 aromatic rings. The van der Waals surface area contributed by atoms with Crippen LogP contribution in [0.4, 0.5) is 0 Å². The summed E-state index contributed by atoms with van der Waals surface area (Å²) in [4.78, 5) is 0. The summed E-state index contributed by atoms with van der Waals surface area (Å²) < 4.78 is 11.0. The van der Waals surface area contributed by atoms with Gasteiger partial charge < -0.3 is 14.6 Å². The lowest BCUT2D eigenvalue weighted by Crippen LogP contribution is -2.23. The Bertz CT molecular complexity index is 157. The molecular weight excluding hydrogens is 192 g/mol. The molecule has 0 bridgehead atoms. The van der Waals surface area contributed by atoms with Crippen molar-refractivity contribution in [1.82, 2.24) is 0 Å². The molecule has 0 aromatic heterocycles.